The SMILES string of the molecule is Cc1[nH]c(C(=O)N[C@@H]2[C@@H]3CN(c4nc(CC(=O)Nc5cccc(F)c5)c(C(=O)O)s4)C[C@@H]32)c(Cl)c1Cl. The van der Waals surface area contributed by atoms with Crippen molar-refractivity contribution in [2.24, 2.45) is 11.8 Å². The molecule has 9 nitrogen and oxygen atoms in total. The van der Waals surface area contributed by atoms with Gasteiger partial charge in [0.25, 0.3) is 5.91 Å². The normalized spacial score (nSPS) is 20.2. The fraction of sp³-hybridized carbons (Fsp3) is 0.304. The fourth-order valence-corrected chi connectivity index (χ4v) is 5.89. The first-order valence-electron chi connectivity index (χ1n) is 11.0. The number of hydrogen-bond donors (Lipinski definition) is 4. The van der Waals surface area contributed by atoms with Crippen LogP contribution in [0.15, 0.2) is 24.3 Å². The van der Waals surface area contributed by atoms with Crippen molar-refractivity contribution in [2.75, 3.05) is 23.3 Å². The molecule has 2 amide bonds. The molecular formula is C23H20Cl2FN5O4S. The topological polar surface area (TPSA) is 127 Å². The maximum atomic E-state index is 13.4. The third-order valence-corrected chi connectivity index (χ3v) is 8.45. The zero-order valence-electron chi connectivity index (χ0n) is 18.8. The number of aromatic carboxylic acids is 1. The van der Waals surface area contributed by atoms with Crippen LogP contribution in [-0.2, 0) is 11.2 Å². The highest BCUT2D eigenvalue weighted by molar-refractivity contribution is 7.17. The molecule has 1 aromatic carbocycles. The number of rotatable bonds is 7. The number of carbonyl (C=O) groups is 3. The highest BCUT2D eigenvalue weighted by atomic mass is 35.5. The Morgan fingerprint density at radius 2 is 1.97 bits per heavy atom. The molecule has 188 valence electrons. The first kappa shape index (κ1) is 24.5. The number of benzene rings is 1. The second-order valence-corrected chi connectivity index (χ2v) is 10.5. The fourth-order valence-electron chi connectivity index (χ4n) is 4.53. The van der Waals surface area contributed by atoms with Crippen LogP contribution >= 0.6 is 34.5 Å². The van der Waals surface area contributed by atoms with Crippen molar-refractivity contribution in [3.8, 4) is 0 Å². The molecule has 4 N–H and O–H groups in total. The van der Waals surface area contributed by atoms with Gasteiger partial charge in [-0.25, -0.2) is 14.2 Å². The van der Waals surface area contributed by atoms with Crippen molar-refractivity contribution in [3.05, 3.63) is 62.1 Å². The number of carbonyl (C=O) groups excluding carboxylic acids is 2. The summed E-state index contributed by atoms with van der Waals surface area (Å²) in [6.07, 6.45) is -0.257. The summed E-state index contributed by atoms with van der Waals surface area (Å²) in [5, 5.41) is 16.2. The molecule has 5 rings (SSSR count). The number of carboxylic acids is 1. The van der Waals surface area contributed by atoms with E-state index in [2.05, 4.69) is 20.6 Å². The number of H-pyrrole nitrogens is 1. The summed E-state index contributed by atoms with van der Waals surface area (Å²) in [5.74, 6) is -2.10. The summed E-state index contributed by atoms with van der Waals surface area (Å²) in [7, 11) is 0. The molecule has 3 aromatic rings. The highest BCUT2D eigenvalue weighted by Gasteiger charge is 2.57. The summed E-state index contributed by atoms with van der Waals surface area (Å²) in [6, 6.07) is 5.41. The molecule has 0 bridgehead atoms. The largest absolute Gasteiger partial charge is 0.477 e. The Hall–Kier alpha value is -3.15. The third-order valence-electron chi connectivity index (χ3n) is 6.36. The Morgan fingerprint density at radius 3 is 2.58 bits per heavy atom. The number of nitrogens with zero attached hydrogens (tertiary/aromatic N) is 2. The van der Waals surface area contributed by atoms with Gasteiger partial charge in [0.2, 0.25) is 5.91 Å². The summed E-state index contributed by atoms with van der Waals surface area (Å²) < 4.78 is 13.4. The summed E-state index contributed by atoms with van der Waals surface area (Å²) in [4.78, 5) is 46.1. The number of aromatic amines is 1. The summed E-state index contributed by atoms with van der Waals surface area (Å²) in [6.45, 7) is 2.91. The van der Waals surface area contributed by atoms with E-state index in [4.69, 9.17) is 23.2 Å². The smallest absolute Gasteiger partial charge is 0.347 e. The number of anilines is 2. The number of aryl methyl sites for hydroxylation is 1. The molecule has 1 saturated heterocycles. The van der Waals surface area contributed by atoms with E-state index in [0.717, 1.165) is 11.3 Å². The first-order valence-corrected chi connectivity index (χ1v) is 12.6. The number of carboxylic acid groups (broad SMARTS) is 1. The van der Waals surface area contributed by atoms with Crippen molar-refractivity contribution in [3.63, 3.8) is 0 Å². The van der Waals surface area contributed by atoms with Crippen LogP contribution in [0.5, 0.6) is 0 Å². The lowest BCUT2D eigenvalue weighted by molar-refractivity contribution is -0.115. The second-order valence-electron chi connectivity index (χ2n) is 8.80. The van der Waals surface area contributed by atoms with Crippen LogP contribution in [0, 0.1) is 24.6 Å². The minimum absolute atomic E-state index is 0.0153. The van der Waals surface area contributed by atoms with Gasteiger partial charge < -0.3 is 25.6 Å². The Balaban J connectivity index is 1.21. The average molecular weight is 552 g/mol. The number of piperidine rings is 1. The molecule has 1 aliphatic heterocycles. The predicted molar refractivity (Wildman–Crippen MR) is 134 cm³/mol. The van der Waals surface area contributed by atoms with Crippen LogP contribution < -0.4 is 15.5 Å². The molecule has 2 aromatic heterocycles. The minimum Gasteiger partial charge on any atom is -0.477 e. The van der Waals surface area contributed by atoms with Gasteiger partial charge in [0.05, 0.1) is 22.2 Å². The van der Waals surface area contributed by atoms with Gasteiger partial charge in [-0.05, 0) is 25.1 Å². The van der Waals surface area contributed by atoms with Gasteiger partial charge in [-0.2, -0.15) is 0 Å². The zero-order valence-corrected chi connectivity index (χ0v) is 21.1. The number of amides is 2. The van der Waals surface area contributed by atoms with Crippen molar-refractivity contribution < 1.29 is 23.9 Å². The molecule has 1 aliphatic carbocycles. The van der Waals surface area contributed by atoms with E-state index in [0.29, 0.717) is 28.9 Å². The Kier molecular flexibility index (Phi) is 6.39. The van der Waals surface area contributed by atoms with Gasteiger partial charge in [0.1, 0.15) is 16.4 Å². The van der Waals surface area contributed by atoms with Gasteiger partial charge in [0.15, 0.2) is 5.13 Å². The molecule has 3 atom stereocenters. The minimum atomic E-state index is -1.17. The Morgan fingerprint density at radius 1 is 1.25 bits per heavy atom. The number of halogens is 3. The standard InChI is InChI=1S/C23H20Cl2FN5O4S/c1-9-16(24)17(25)19(27-9)21(33)30-18-12-7-31(8-13(12)18)23-29-14(20(36-23)22(34)35)6-15(32)28-11-4-2-3-10(26)5-11/h2-5,12-13,18,27H,6-8H2,1H3,(H,28,32)(H,30,33)(H,34,35)/t12-,13+,18-. The molecule has 36 heavy (non-hydrogen) atoms. The monoisotopic (exact) mass is 551 g/mol. The lowest BCUT2D eigenvalue weighted by Gasteiger charge is -2.19. The van der Waals surface area contributed by atoms with Gasteiger partial charge >= 0.3 is 5.97 Å². The quantitative estimate of drug-likeness (QED) is 0.352. The lowest BCUT2D eigenvalue weighted by atomic mass is 10.2. The van der Waals surface area contributed by atoms with Crippen LogP contribution in [0.1, 0.15) is 31.5 Å². The molecule has 0 radical (unpaired) electrons. The molecular weight excluding hydrogens is 532 g/mol. The van der Waals surface area contributed by atoms with Crippen molar-refractivity contribution in [1.82, 2.24) is 15.3 Å². The van der Waals surface area contributed by atoms with E-state index >= 15 is 0 Å². The van der Waals surface area contributed by atoms with Gasteiger partial charge in [-0.1, -0.05) is 40.6 Å². The van der Waals surface area contributed by atoms with Gasteiger partial charge in [-0.3, -0.25) is 9.59 Å². The zero-order chi connectivity index (χ0) is 25.7. The van der Waals surface area contributed by atoms with E-state index in [1.165, 1.54) is 24.3 Å². The molecule has 1 saturated carbocycles. The molecule has 13 heteroatoms. The maximum absolute atomic E-state index is 13.4. The second kappa shape index (κ2) is 9.38. The first-order chi connectivity index (χ1) is 17.1. The lowest BCUT2D eigenvalue weighted by Crippen LogP contribution is -2.34. The maximum Gasteiger partial charge on any atom is 0.347 e. The van der Waals surface area contributed by atoms with Crippen molar-refractivity contribution in [1.29, 1.82) is 0 Å². The highest BCUT2D eigenvalue weighted by Crippen LogP contribution is 2.48. The Labute approximate surface area is 218 Å². The molecule has 2 fully saturated rings. The molecule has 0 unspecified atom stereocenters. The average Bonchev–Trinajstić information content (AvgIpc) is 3.18. The van der Waals surface area contributed by atoms with E-state index in [1.54, 1.807) is 6.92 Å². The van der Waals surface area contributed by atoms with E-state index in [1.807, 2.05) is 4.90 Å². The van der Waals surface area contributed by atoms with Crippen LogP contribution in [-0.4, -0.2) is 52.0 Å². The van der Waals surface area contributed by atoms with E-state index in [-0.39, 0.29) is 57.2 Å². The summed E-state index contributed by atoms with van der Waals surface area (Å²) in [5.41, 5.74) is 1.27. The number of nitrogens with one attached hydrogen (secondary N) is 3. The van der Waals surface area contributed by atoms with Crippen LogP contribution in [0.2, 0.25) is 10.0 Å². The van der Waals surface area contributed by atoms with E-state index < -0.39 is 17.7 Å². The van der Waals surface area contributed by atoms with Gasteiger partial charge in [-0.15, -0.1) is 0 Å². The number of hydrogen-bond acceptors (Lipinski definition) is 6. The van der Waals surface area contributed by atoms with Crippen molar-refractivity contribution >= 4 is 63.1 Å². The number of thiazole rings is 1. The predicted octanol–water partition coefficient (Wildman–Crippen LogP) is 3.97. The molecule has 2 aliphatic rings. The van der Waals surface area contributed by atoms with Crippen LogP contribution in [0.4, 0.5) is 15.2 Å². The van der Waals surface area contributed by atoms with Gasteiger partial charge in [0, 0.05) is 42.3 Å². The molecule has 0 spiro atoms. The van der Waals surface area contributed by atoms with Crippen LogP contribution in [0.25, 0.3) is 0 Å². The third kappa shape index (κ3) is 4.65. The number of fused-ring (bicyclic) bond motifs is 1. The van der Waals surface area contributed by atoms with Crippen molar-refractivity contribution in [2.45, 2.75) is 19.4 Å². The Bertz CT molecular complexity index is 1380. The van der Waals surface area contributed by atoms with Crippen LogP contribution in [0.3, 0.4) is 0 Å². The number of aromatic nitrogens is 2. The van der Waals surface area contributed by atoms with E-state index in [9.17, 15) is 23.9 Å². The summed E-state index contributed by atoms with van der Waals surface area (Å²) >= 11 is 13.2. The molecule has 3 heterocycles.